The first-order valence-electron chi connectivity index (χ1n) is 9.67. The lowest BCUT2D eigenvalue weighted by atomic mass is 9.94. The van der Waals surface area contributed by atoms with E-state index in [0.717, 1.165) is 5.39 Å². The van der Waals surface area contributed by atoms with Crippen LogP contribution in [-0.4, -0.2) is 35.8 Å². The van der Waals surface area contributed by atoms with Crippen LogP contribution in [0.25, 0.3) is 10.8 Å². The van der Waals surface area contributed by atoms with E-state index in [2.05, 4.69) is 10.1 Å². The molecule has 0 aliphatic carbocycles. The third kappa shape index (κ3) is 4.23. The molecule has 0 radical (unpaired) electrons. The maximum Gasteiger partial charge on any atom is 0.387 e. The van der Waals surface area contributed by atoms with Gasteiger partial charge >= 0.3 is 6.61 Å². The minimum atomic E-state index is -2.92. The van der Waals surface area contributed by atoms with E-state index in [1.807, 2.05) is 12.1 Å². The molecule has 3 aromatic rings. The zero-order chi connectivity index (χ0) is 22.0. The monoisotopic (exact) mass is 424 g/mol. The van der Waals surface area contributed by atoms with Crippen LogP contribution in [0.3, 0.4) is 0 Å². The van der Waals surface area contributed by atoms with Gasteiger partial charge in [-0.15, -0.1) is 0 Å². The van der Waals surface area contributed by atoms with E-state index in [0.29, 0.717) is 22.2 Å². The second kappa shape index (κ2) is 8.51. The van der Waals surface area contributed by atoms with Crippen LogP contribution >= 0.6 is 0 Å². The first-order chi connectivity index (χ1) is 14.9. The number of hydrogen-bond donors (Lipinski definition) is 1. The predicted octanol–water partition coefficient (Wildman–Crippen LogP) is 4.46. The van der Waals surface area contributed by atoms with Crippen molar-refractivity contribution < 1.29 is 27.9 Å². The van der Waals surface area contributed by atoms with Crippen LogP contribution in [0.5, 0.6) is 5.75 Å². The fourth-order valence-electron chi connectivity index (χ4n) is 3.62. The van der Waals surface area contributed by atoms with Gasteiger partial charge in [0.05, 0.1) is 0 Å². The Morgan fingerprint density at radius 3 is 2.13 bits per heavy atom. The van der Waals surface area contributed by atoms with Crippen molar-refractivity contribution in [2.75, 3.05) is 11.9 Å². The van der Waals surface area contributed by atoms with Crippen LogP contribution in [-0.2, 0) is 4.79 Å². The fourth-order valence-corrected chi connectivity index (χ4v) is 3.62. The van der Waals surface area contributed by atoms with Crippen molar-refractivity contribution in [1.82, 2.24) is 4.90 Å². The molecule has 1 aliphatic heterocycles. The predicted molar refractivity (Wildman–Crippen MR) is 110 cm³/mol. The SMILES string of the molecule is O=C(CCCN1C(=O)c2cccc3cccc(c23)C1=O)Nc1ccc(OC(F)F)cc1. The van der Waals surface area contributed by atoms with E-state index in [-0.39, 0.29) is 42.9 Å². The number of rotatable bonds is 7. The second-order valence-electron chi connectivity index (χ2n) is 7.03. The van der Waals surface area contributed by atoms with Gasteiger partial charge in [0.1, 0.15) is 5.75 Å². The Kier molecular flexibility index (Phi) is 5.62. The zero-order valence-corrected chi connectivity index (χ0v) is 16.3. The van der Waals surface area contributed by atoms with Crippen LogP contribution in [0.15, 0.2) is 60.7 Å². The number of alkyl halides is 2. The number of halogens is 2. The number of ether oxygens (including phenoxy) is 1. The molecule has 0 saturated heterocycles. The summed E-state index contributed by atoms with van der Waals surface area (Å²) in [4.78, 5) is 39.0. The Hall–Kier alpha value is -3.81. The summed E-state index contributed by atoms with van der Waals surface area (Å²) in [5.74, 6) is -1.07. The molecule has 158 valence electrons. The molecule has 0 spiro atoms. The molecule has 3 aromatic carbocycles. The number of benzene rings is 3. The number of nitrogens with zero attached hydrogens (tertiary/aromatic N) is 1. The van der Waals surface area contributed by atoms with Crippen molar-refractivity contribution in [1.29, 1.82) is 0 Å². The van der Waals surface area contributed by atoms with Gasteiger partial charge in [0.2, 0.25) is 5.91 Å². The second-order valence-corrected chi connectivity index (χ2v) is 7.03. The molecule has 0 fully saturated rings. The number of carbonyl (C=O) groups is 3. The highest BCUT2D eigenvalue weighted by Gasteiger charge is 2.32. The summed E-state index contributed by atoms with van der Waals surface area (Å²) >= 11 is 0. The van der Waals surface area contributed by atoms with Gasteiger partial charge in [0, 0.05) is 35.2 Å². The summed E-state index contributed by atoms with van der Waals surface area (Å²) in [6, 6.07) is 16.2. The molecule has 0 atom stereocenters. The number of imide groups is 1. The number of amides is 3. The molecule has 6 nitrogen and oxygen atoms in total. The number of carbonyl (C=O) groups excluding carboxylic acids is 3. The molecule has 0 unspecified atom stereocenters. The summed E-state index contributed by atoms with van der Waals surface area (Å²) < 4.78 is 28.6. The minimum absolute atomic E-state index is 0.00887. The lowest BCUT2D eigenvalue weighted by Crippen LogP contribution is -2.41. The van der Waals surface area contributed by atoms with E-state index in [9.17, 15) is 23.2 Å². The topological polar surface area (TPSA) is 75.7 Å². The Bertz CT molecular complexity index is 1110. The average molecular weight is 424 g/mol. The van der Waals surface area contributed by atoms with Gasteiger partial charge in [0.25, 0.3) is 11.8 Å². The van der Waals surface area contributed by atoms with E-state index in [1.54, 1.807) is 24.3 Å². The van der Waals surface area contributed by atoms with E-state index >= 15 is 0 Å². The molecule has 0 saturated carbocycles. The first kappa shape index (κ1) is 20.5. The molecule has 1 N–H and O–H groups in total. The van der Waals surface area contributed by atoms with Crippen molar-refractivity contribution in [2.24, 2.45) is 0 Å². The summed E-state index contributed by atoms with van der Waals surface area (Å²) in [6.07, 6.45) is 0.367. The maximum absolute atomic E-state index is 12.8. The lowest BCUT2D eigenvalue weighted by Gasteiger charge is -2.27. The summed E-state index contributed by atoms with van der Waals surface area (Å²) in [6.45, 7) is -2.81. The molecular weight excluding hydrogens is 406 g/mol. The highest BCUT2D eigenvalue weighted by atomic mass is 19.3. The van der Waals surface area contributed by atoms with Gasteiger partial charge in [-0.05, 0) is 48.2 Å². The van der Waals surface area contributed by atoms with Crippen LogP contribution in [0.4, 0.5) is 14.5 Å². The van der Waals surface area contributed by atoms with E-state index < -0.39 is 6.61 Å². The molecule has 3 amide bonds. The summed E-state index contributed by atoms with van der Waals surface area (Å²) in [5, 5.41) is 4.14. The van der Waals surface area contributed by atoms with E-state index in [4.69, 9.17) is 0 Å². The standard InChI is InChI=1S/C23H18F2N2O4/c24-23(25)31-16-11-9-15(10-12-16)26-19(28)8-3-13-27-21(29)17-6-1-4-14-5-2-7-18(20(14)17)22(27)30/h1-2,4-7,9-12,23H,3,8,13H2,(H,26,28). The van der Waals surface area contributed by atoms with Gasteiger partial charge in [-0.3, -0.25) is 19.3 Å². The number of nitrogens with one attached hydrogen (secondary N) is 1. The van der Waals surface area contributed by atoms with Gasteiger partial charge in [-0.1, -0.05) is 24.3 Å². The van der Waals surface area contributed by atoms with Crippen molar-refractivity contribution in [3.8, 4) is 5.75 Å². The lowest BCUT2D eigenvalue weighted by molar-refractivity contribution is -0.116. The molecule has 8 heteroatoms. The minimum Gasteiger partial charge on any atom is -0.435 e. The molecule has 0 bridgehead atoms. The Morgan fingerprint density at radius 2 is 1.55 bits per heavy atom. The first-order valence-corrected chi connectivity index (χ1v) is 9.67. The van der Waals surface area contributed by atoms with Gasteiger partial charge in [-0.2, -0.15) is 8.78 Å². The molecule has 0 aromatic heterocycles. The van der Waals surface area contributed by atoms with Crippen molar-refractivity contribution in [3.05, 3.63) is 71.8 Å². The summed E-state index contributed by atoms with van der Waals surface area (Å²) in [7, 11) is 0. The quantitative estimate of drug-likeness (QED) is 0.569. The Labute approximate surface area is 176 Å². The van der Waals surface area contributed by atoms with Gasteiger partial charge in [-0.25, -0.2) is 0 Å². The van der Waals surface area contributed by atoms with Crippen molar-refractivity contribution in [3.63, 3.8) is 0 Å². The van der Waals surface area contributed by atoms with Crippen molar-refractivity contribution in [2.45, 2.75) is 19.5 Å². The fraction of sp³-hybridized carbons (Fsp3) is 0.174. The normalized spacial score (nSPS) is 13.1. The molecule has 31 heavy (non-hydrogen) atoms. The summed E-state index contributed by atoms with van der Waals surface area (Å²) in [5.41, 5.74) is 1.38. The highest BCUT2D eigenvalue weighted by molar-refractivity contribution is 6.25. The smallest absolute Gasteiger partial charge is 0.387 e. The third-order valence-electron chi connectivity index (χ3n) is 5.00. The largest absolute Gasteiger partial charge is 0.435 e. The van der Waals surface area contributed by atoms with Gasteiger partial charge in [0.15, 0.2) is 0 Å². The number of anilines is 1. The van der Waals surface area contributed by atoms with Crippen LogP contribution in [0, 0.1) is 0 Å². The average Bonchev–Trinajstić information content (AvgIpc) is 2.75. The molecule has 1 heterocycles. The van der Waals surface area contributed by atoms with Crippen molar-refractivity contribution >= 4 is 34.2 Å². The van der Waals surface area contributed by atoms with E-state index in [1.165, 1.54) is 29.2 Å². The number of hydrogen-bond acceptors (Lipinski definition) is 4. The molecule has 4 rings (SSSR count). The van der Waals surface area contributed by atoms with Gasteiger partial charge < -0.3 is 10.1 Å². The molecule has 1 aliphatic rings. The third-order valence-corrected chi connectivity index (χ3v) is 5.00. The molecular formula is C23H18F2N2O4. The zero-order valence-electron chi connectivity index (χ0n) is 16.3. The van der Waals surface area contributed by atoms with Crippen LogP contribution in [0.2, 0.25) is 0 Å². The maximum atomic E-state index is 12.8. The Balaban J connectivity index is 1.36. The van der Waals surface area contributed by atoms with Crippen LogP contribution < -0.4 is 10.1 Å². The highest BCUT2D eigenvalue weighted by Crippen LogP contribution is 2.30. The van der Waals surface area contributed by atoms with Crippen LogP contribution in [0.1, 0.15) is 33.6 Å². The Morgan fingerprint density at radius 1 is 0.935 bits per heavy atom.